The van der Waals surface area contributed by atoms with E-state index in [1.165, 1.54) is 23.7 Å². The van der Waals surface area contributed by atoms with Gasteiger partial charge >= 0.3 is 0 Å². The van der Waals surface area contributed by atoms with E-state index in [1.807, 2.05) is 13.0 Å². The lowest BCUT2D eigenvalue weighted by Gasteiger charge is -2.51. The van der Waals surface area contributed by atoms with Crippen molar-refractivity contribution < 1.29 is 22.7 Å². The van der Waals surface area contributed by atoms with Gasteiger partial charge in [-0.3, -0.25) is 9.59 Å². The van der Waals surface area contributed by atoms with E-state index in [1.54, 1.807) is 25.1 Å². The zero-order valence-corrected chi connectivity index (χ0v) is 19.0. The van der Waals surface area contributed by atoms with Crippen molar-refractivity contribution in [2.24, 2.45) is 5.41 Å². The van der Waals surface area contributed by atoms with Gasteiger partial charge in [0.25, 0.3) is 10.0 Å². The highest BCUT2D eigenvalue weighted by Gasteiger charge is 2.55. The number of methoxy groups -OCH3 is 1. The number of carbonyl (C=O) groups excluding carboxylic acids is 2. The SMILES string of the molecule is CC#Cc1cc(C)c(C2C(=O)CC3(CC2=O)CN(S(=O)(=O)c2ccccn2)C3)c(OC)c1. The Bertz CT molecular complexity index is 1230. The number of ether oxygens (including phenoxy) is 1. The standard InChI is InChI=1S/C24H24N2O5S/c1-4-7-17-10-16(2)22(20(11-17)31-3)23-18(27)12-24(13-19(23)28)14-26(15-24)32(29,30)21-8-5-6-9-25-21/h5-6,8-11,23H,12-15H2,1-3H3. The molecule has 1 aromatic heterocycles. The van der Waals surface area contributed by atoms with Gasteiger partial charge in [0.1, 0.15) is 23.2 Å². The Hall–Kier alpha value is -3.02. The highest BCUT2D eigenvalue weighted by molar-refractivity contribution is 7.89. The fourth-order valence-corrected chi connectivity index (χ4v) is 6.35. The van der Waals surface area contributed by atoms with E-state index < -0.39 is 21.4 Å². The van der Waals surface area contributed by atoms with Crippen molar-refractivity contribution in [1.29, 1.82) is 0 Å². The third-order valence-corrected chi connectivity index (χ3v) is 7.84. The topological polar surface area (TPSA) is 93.6 Å². The summed E-state index contributed by atoms with van der Waals surface area (Å²) >= 11 is 0. The van der Waals surface area contributed by atoms with Crippen LogP contribution in [0.1, 0.15) is 42.4 Å². The van der Waals surface area contributed by atoms with Crippen molar-refractivity contribution in [2.75, 3.05) is 20.2 Å². The van der Waals surface area contributed by atoms with Crippen molar-refractivity contribution in [3.63, 3.8) is 0 Å². The van der Waals surface area contributed by atoms with Gasteiger partial charge in [-0.05, 0) is 43.7 Å². The molecule has 166 valence electrons. The highest BCUT2D eigenvalue weighted by Crippen LogP contribution is 2.48. The molecule has 0 N–H and O–H groups in total. The molecule has 0 bridgehead atoms. The molecule has 0 atom stereocenters. The first-order chi connectivity index (χ1) is 15.2. The molecule has 8 heteroatoms. The van der Waals surface area contributed by atoms with Gasteiger partial charge in [0.15, 0.2) is 5.03 Å². The molecular weight excluding hydrogens is 428 g/mol. The fourth-order valence-electron chi connectivity index (χ4n) is 4.76. The molecule has 2 fully saturated rings. The molecule has 7 nitrogen and oxygen atoms in total. The van der Waals surface area contributed by atoms with Crippen LogP contribution in [0.25, 0.3) is 0 Å². The number of carbonyl (C=O) groups is 2. The third-order valence-electron chi connectivity index (χ3n) is 6.13. The molecule has 1 aromatic carbocycles. The summed E-state index contributed by atoms with van der Waals surface area (Å²) in [5, 5.41) is -0.0307. The number of benzene rings is 1. The first kappa shape index (κ1) is 22.2. The lowest BCUT2D eigenvalue weighted by atomic mass is 9.64. The van der Waals surface area contributed by atoms with Crippen LogP contribution >= 0.6 is 0 Å². The zero-order valence-electron chi connectivity index (χ0n) is 18.2. The summed E-state index contributed by atoms with van der Waals surface area (Å²) in [6.45, 7) is 3.85. The molecule has 0 amide bonds. The van der Waals surface area contributed by atoms with Crippen LogP contribution in [0.3, 0.4) is 0 Å². The summed E-state index contributed by atoms with van der Waals surface area (Å²) in [5.74, 6) is 4.97. The molecule has 32 heavy (non-hydrogen) atoms. The second-order valence-electron chi connectivity index (χ2n) is 8.44. The monoisotopic (exact) mass is 452 g/mol. The number of hydrogen-bond acceptors (Lipinski definition) is 6. The number of hydrogen-bond donors (Lipinski definition) is 0. The lowest BCUT2D eigenvalue weighted by molar-refractivity contribution is -0.140. The molecular formula is C24H24N2O5S. The molecule has 2 aliphatic rings. The van der Waals surface area contributed by atoms with Gasteiger partial charge in [-0.2, -0.15) is 4.31 Å². The highest BCUT2D eigenvalue weighted by atomic mass is 32.2. The maximum Gasteiger partial charge on any atom is 0.260 e. The average molecular weight is 453 g/mol. The predicted octanol–water partition coefficient (Wildman–Crippen LogP) is 2.48. The van der Waals surface area contributed by atoms with Gasteiger partial charge < -0.3 is 4.74 Å². The summed E-state index contributed by atoms with van der Waals surface area (Å²) in [5.41, 5.74) is 1.46. The molecule has 2 aromatic rings. The Balaban J connectivity index is 1.57. The number of rotatable bonds is 4. The van der Waals surface area contributed by atoms with Crippen LogP contribution in [-0.4, -0.2) is 49.5 Å². The van der Waals surface area contributed by atoms with Crippen molar-refractivity contribution in [2.45, 2.75) is 37.6 Å². The molecule has 1 aliphatic carbocycles. The minimum absolute atomic E-state index is 0.0307. The molecule has 0 radical (unpaired) electrons. The number of nitrogens with zero attached hydrogens (tertiary/aromatic N) is 2. The summed E-state index contributed by atoms with van der Waals surface area (Å²) in [7, 11) is -2.23. The molecule has 4 rings (SSSR count). The van der Waals surface area contributed by atoms with E-state index >= 15 is 0 Å². The van der Waals surface area contributed by atoms with E-state index in [-0.39, 0.29) is 42.5 Å². The Morgan fingerprint density at radius 2 is 1.84 bits per heavy atom. The average Bonchev–Trinajstić information content (AvgIpc) is 2.73. The lowest BCUT2D eigenvalue weighted by Crippen LogP contribution is -2.62. The smallest absolute Gasteiger partial charge is 0.260 e. The number of pyridine rings is 1. The molecule has 1 saturated heterocycles. The molecule has 1 saturated carbocycles. The van der Waals surface area contributed by atoms with Gasteiger partial charge in [-0.1, -0.05) is 12.0 Å². The van der Waals surface area contributed by atoms with Crippen molar-refractivity contribution >= 4 is 21.6 Å². The Kier molecular flexibility index (Phi) is 5.65. The molecule has 1 spiro atoms. The summed E-state index contributed by atoms with van der Waals surface area (Å²) in [4.78, 5) is 30.3. The van der Waals surface area contributed by atoms with Crippen LogP contribution in [0.15, 0.2) is 41.6 Å². The van der Waals surface area contributed by atoms with Gasteiger partial charge in [0.05, 0.1) is 7.11 Å². The number of sulfonamides is 1. The van der Waals surface area contributed by atoms with E-state index in [4.69, 9.17) is 4.74 Å². The van der Waals surface area contributed by atoms with Gasteiger partial charge in [-0.25, -0.2) is 13.4 Å². The first-order valence-electron chi connectivity index (χ1n) is 10.3. The Morgan fingerprint density at radius 1 is 1.16 bits per heavy atom. The predicted molar refractivity (Wildman–Crippen MR) is 118 cm³/mol. The Morgan fingerprint density at radius 3 is 2.41 bits per heavy atom. The van der Waals surface area contributed by atoms with Crippen LogP contribution in [0.5, 0.6) is 5.75 Å². The van der Waals surface area contributed by atoms with Gasteiger partial charge in [0, 0.05) is 48.7 Å². The van der Waals surface area contributed by atoms with Gasteiger partial charge in [0.2, 0.25) is 0 Å². The second-order valence-corrected chi connectivity index (χ2v) is 10.3. The van der Waals surface area contributed by atoms with E-state index in [0.717, 1.165) is 11.1 Å². The normalized spacial score (nSPS) is 18.7. The van der Waals surface area contributed by atoms with E-state index in [0.29, 0.717) is 11.3 Å². The van der Waals surface area contributed by atoms with Crippen LogP contribution in [-0.2, 0) is 19.6 Å². The summed E-state index contributed by atoms with van der Waals surface area (Å²) in [6, 6.07) is 8.29. The van der Waals surface area contributed by atoms with E-state index in [2.05, 4.69) is 16.8 Å². The first-order valence-corrected chi connectivity index (χ1v) is 11.7. The number of ketones is 2. The van der Waals surface area contributed by atoms with Crippen molar-refractivity contribution in [1.82, 2.24) is 9.29 Å². The van der Waals surface area contributed by atoms with Crippen LogP contribution in [0.2, 0.25) is 0 Å². The summed E-state index contributed by atoms with van der Waals surface area (Å²) < 4.78 is 32.3. The minimum atomic E-state index is -3.74. The number of Topliss-reactive ketones (excluding diaryl/α,β-unsaturated/α-hetero) is 2. The molecule has 0 unspecified atom stereocenters. The molecule has 2 heterocycles. The van der Waals surface area contributed by atoms with Crippen LogP contribution in [0, 0.1) is 24.2 Å². The largest absolute Gasteiger partial charge is 0.496 e. The van der Waals surface area contributed by atoms with Crippen molar-refractivity contribution in [3.05, 3.63) is 53.2 Å². The number of aryl methyl sites for hydroxylation is 1. The second kappa shape index (κ2) is 8.15. The van der Waals surface area contributed by atoms with Gasteiger partial charge in [-0.15, -0.1) is 5.92 Å². The molecule has 1 aliphatic heterocycles. The zero-order chi connectivity index (χ0) is 23.1. The maximum absolute atomic E-state index is 13.2. The Labute approximate surface area is 187 Å². The van der Waals surface area contributed by atoms with E-state index in [9.17, 15) is 18.0 Å². The summed E-state index contributed by atoms with van der Waals surface area (Å²) in [6.07, 6.45) is 1.72. The van der Waals surface area contributed by atoms with Crippen LogP contribution < -0.4 is 4.74 Å². The minimum Gasteiger partial charge on any atom is -0.496 e. The van der Waals surface area contributed by atoms with Crippen LogP contribution in [0.4, 0.5) is 0 Å². The third kappa shape index (κ3) is 3.72. The number of aromatic nitrogens is 1. The van der Waals surface area contributed by atoms with Crippen molar-refractivity contribution in [3.8, 4) is 17.6 Å². The fraction of sp³-hybridized carbons (Fsp3) is 0.375. The quantitative estimate of drug-likeness (QED) is 0.523. The maximum atomic E-state index is 13.2.